The number of non-ortho nitro benzene ring substituents is 1. The largest absolute Gasteiger partial charge is 0.352 e. The Kier molecular flexibility index (Phi) is 4.50. The molecule has 0 aromatic heterocycles. The van der Waals surface area contributed by atoms with Gasteiger partial charge in [0.1, 0.15) is 0 Å². The quantitative estimate of drug-likeness (QED) is 0.403. The van der Waals surface area contributed by atoms with Gasteiger partial charge in [0, 0.05) is 38.8 Å². The number of rotatable bonds is 3. The van der Waals surface area contributed by atoms with E-state index >= 15 is 0 Å². The molecule has 1 aliphatic carbocycles. The van der Waals surface area contributed by atoms with Gasteiger partial charge in [-0.2, -0.15) is 0 Å². The molecule has 124 valence electrons. The Balaban J connectivity index is 1.60. The van der Waals surface area contributed by atoms with Crippen LogP contribution in [0.2, 0.25) is 0 Å². The van der Waals surface area contributed by atoms with Crippen LogP contribution in [0.25, 0.3) is 0 Å². The molecule has 1 saturated heterocycles. The van der Waals surface area contributed by atoms with Crippen LogP contribution in [0.1, 0.15) is 37.7 Å². The summed E-state index contributed by atoms with van der Waals surface area (Å²) in [5.41, 5.74) is 1.53. The average molecular weight is 316 g/mol. The van der Waals surface area contributed by atoms with Gasteiger partial charge in [-0.3, -0.25) is 15.1 Å². The maximum atomic E-state index is 10.9. The zero-order valence-electron chi connectivity index (χ0n) is 13.6. The van der Waals surface area contributed by atoms with Crippen molar-refractivity contribution < 1.29 is 4.92 Å². The fraction of sp³-hybridized carbons (Fsp3) is 0.588. The first-order chi connectivity index (χ1) is 11.1. The lowest BCUT2D eigenvalue weighted by Gasteiger charge is -2.25. The molecule has 0 atom stereocenters. The second-order valence-electron chi connectivity index (χ2n) is 6.71. The van der Waals surface area contributed by atoms with Crippen LogP contribution < -0.4 is 5.32 Å². The molecule has 0 radical (unpaired) electrons. The molecule has 3 rings (SSSR count). The lowest BCUT2D eigenvalue weighted by Crippen LogP contribution is -2.40. The van der Waals surface area contributed by atoms with Crippen LogP contribution in [0.5, 0.6) is 0 Å². The predicted octanol–water partition coefficient (Wildman–Crippen LogP) is 2.94. The van der Waals surface area contributed by atoms with E-state index in [0.29, 0.717) is 12.0 Å². The van der Waals surface area contributed by atoms with Gasteiger partial charge in [-0.15, -0.1) is 0 Å². The minimum absolute atomic E-state index is 0.130. The Morgan fingerprint density at radius 2 is 2.17 bits per heavy atom. The van der Waals surface area contributed by atoms with Crippen molar-refractivity contribution in [1.82, 2.24) is 10.2 Å². The number of guanidine groups is 1. The second kappa shape index (κ2) is 6.56. The van der Waals surface area contributed by atoms with Crippen LogP contribution in [0.3, 0.4) is 0 Å². The zero-order chi connectivity index (χ0) is 16.3. The van der Waals surface area contributed by atoms with Crippen molar-refractivity contribution in [2.45, 2.75) is 38.6 Å². The fourth-order valence-electron chi connectivity index (χ4n) is 3.94. The summed E-state index contributed by atoms with van der Waals surface area (Å²) in [5, 5.41) is 14.2. The first-order valence-electron chi connectivity index (χ1n) is 8.31. The standard InChI is InChI=1S/C17H24N4O2/c1-18-16(20-10-9-17(13-20)7-2-3-8-17)19-12-14-5-4-6-15(11-14)21(22)23/h4-6,11H,2-3,7-10,12-13H2,1H3,(H,18,19). The molecule has 1 N–H and O–H groups in total. The van der Waals surface area contributed by atoms with E-state index in [2.05, 4.69) is 15.2 Å². The average Bonchev–Trinajstić information content (AvgIpc) is 3.19. The summed E-state index contributed by atoms with van der Waals surface area (Å²) in [6, 6.07) is 6.75. The summed E-state index contributed by atoms with van der Waals surface area (Å²) in [6.07, 6.45) is 6.64. The molecule has 1 aliphatic heterocycles. The third-order valence-electron chi connectivity index (χ3n) is 5.19. The molecule has 6 heteroatoms. The van der Waals surface area contributed by atoms with Crippen molar-refractivity contribution in [2.75, 3.05) is 20.1 Å². The highest BCUT2D eigenvalue weighted by Gasteiger charge is 2.41. The van der Waals surface area contributed by atoms with Gasteiger partial charge >= 0.3 is 0 Å². The number of nitrogens with one attached hydrogen (secondary N) is 1. The van der Waals surface area contributed by atoms with E-state index in [1.807, 2.05) is 6.07 Å². The van der Waals surface area contributed by atoms with Crippen molar-refractivity contribution in [1.29, 1.82) is 0 Å². The first kappa shape index (κ1) is 15.8. The molecule has 6 nitrogen and oxygen atoms in total. The number of benzene rings is 1. The Morgan fingerprint density at radius 3 is 2.87 bits per heavy atom. The molecule has 1 saturated carbocycles. The number of likely N-dealkylation sites (tertiary alicyclic amines) is 1. The van der Waals surface area contributed by atoms with Crippen LogP contribution >= 0.6 is 0 Å². The first-order valence-corrected chi connectivity index (χ1v) is 8.31. The van der Waals surface area contributed by atoms with Gasteiger partial charge in [0.15, 0.2) is 5.96 Å². The van der Waals surface area contributed by atoms with Crippen LogP contribution in [-0.2, 0) is 6.54 Å². The van der Waals surface area contributed by atoms with E-state index in [9.17, 15) is 10.1 Å². The molecule has 0 unspecified atom stereocenters. The molecule has 1 heterocycles. The Labute approximate surface area is 136 Å². The van der Waals surface area contributed by atoms with Gasteiger partial charge in [0.25, 0.3) is 5.69 Å². The van der Waals surface area contributed by atoms with E-state index in [1.165, 1.54) is 38.2 Å². The molecule has 1 spiro atoms. The topological polar surface area (TPSA) is 70.8 Å². The van der Waals surface area contributed by atoms with Crippen LogP contribution in [0.15, 0.2) is 29.3 Å². The van der Waals surface area contributed by atoms with Crippen LogP contribution in [0.4, 0.5) is 5.69 Å². The molecule has 1 aromatic carbocycles. The van der Waals surface area contributed by atoms with Crippen LogP contribution in [-0.4, -0.2) is 35.9 Å². The summed E-state index contributed by atoms with van der Waals surface area (Å²) in [6.45, 7) is 2.69. The van der Waals surface area contributed by atoms with E-state index in [-0.39, 0.29) is 10.6 Å². The normalized spacial score (nSPS) is 20.2. The molecule has 0 bridgehead atoms. The maximum Gasteiger partial charge on any atom is 0.269 e. The smallest absolute Gasteiger partial charge is 0.269 e. The van der Waals surface area contributed by atoms with Crippen molar-refractivity contribution in [3.63, 3.8) is 0 Å². The predicted molar refractivity (Wildman–Crippen MR) is 90.4 cm³/mol. The Bertz CT molecular complexity index is 608. The number of nitro groups is 1. The maximum absolute atomic E-state index is 10.9. The van der Waals surface area contributed by atoms with Gasteiger partial charge < -0.3 is 10.2 Å². The number of aliphatic imine (C=N–C) groups is 1. The number of hydrogen-bond acceptors (Lipinski definition) is 3. The second-order valence-corrected chi connectivity index (χ2v) is 6.71. The van der Waals surface area contributed by atoms with E-state index in [1.54, 1.807) is 19.2 Å². The van der Waals surface area contributed by atoms with Gasteiger partial charge in [-0.05, 0) is 30.2 Å². The highest BCUT2D eigenvalue weighted by atomic mass is 16.6. The van der Waals surface area contributed by atoms with Crippen molar-refractivity contribution in [3.8, 4) is 0 Å². The van der Waals surface area contributed by atoms with Crippen molar-refractivity contribution in [2.24, 2.45) is 10.4 Å². The van der Waals surface area contributed by atoms with E-state index in [4.69, 9.17) is 0 Å². The molecular weight excluding hydrogens is 292 g/mol. The molecule has 23 heavy (non-hydrogen) atoms. The summed E-state index contributed by atoms with van der Waals surface area (Å²) >= 11 is 0. The summed E-state index contributed by atoms with van der Waals surface area (Å²) in [7, 11) is 1.80. The molecular formula is C17H24N4O2. The van der Waals surface area contributed by atoms with Crippen LogP contribution in [0, 0.1) is 15.5 Å². The Hall–Kier alpha value is -2.11. The third-order valence-corrected chi connectivity index (χ3v) is 5.19. The number of nitrogens with zero attached hydrogens (tertiary/aromatic N) is 3. The highest BCUT2D eigenvalue weighted by molar-refractivity contribution is 5.80. The number of nitro benzene ring substituents is 1. The van der Waals surface area contributed by atoms with Gasteiger partial charge in [-0.25, -0.2) is 0 Å². The monoisotopic (exact) mass is 316 g/mol. The SMILES string of the molecule is CN=C(NCc1cccc([N+](=O)[O-])c1)N1CCC2(CCCC2)C1. The lowest BCUT2D eigenvalue weighted by atomic mass is 9.86. The van der Waals surface area contributed by atoms with Gasteiger partial charge in [0.2, 0.25) is 0 Å². The van der Waals surface area contributed by atoms with Gasteiger partial charge in [-0.1, -0.05) is 25.0 Å². The number of hydrogen-bond donors (Lipinski definition) is 1. The highest BCUT2D eigenvalue weighted by Crippen LogP contribution is 2.45. The fourth-order valence-corrected chi connectivity index (χ4v) is 3.94. The summed E-state index contributed by atoms with van der Waals surface area (Å²) in [5.74, 6) is 0.903. The molecule has 2 fully saturated rings. The minimum Gasteiger partial charge on any atom is -0.352 e. The molecule has 2 aliphatic rings. The minimum atomic E-state index is -0.358. The molecule has 0 amide bonds. The van der Waals surface area contributed by atoms with E-state index < -0.39 is 0 Å². The summed E-state index contributed by atoms with van der Waals surface area (Å²) in [4.78, 5) is 17.2. The van der Waals surface area contributed by atoms with E-state index in [0.717, 1.165) is 24.6 Å². The molecule has 1 aromatic rings. The van der Waals surface area contributed by atoms with Gasteiger partial charge in [0.05, 0.1) is 4.92 Å². The lowest BCUT2D eigenvalue weighted by molar-refractivity contribution is -0.384. The third kappa shape index (κ3) is 3.46. The van der Waals surface area contributed by atoms with Crippen molar-refractivity contribution in [3.05, 3.63) is 39.9 Å². The zero-order valence-corrected chi connectivity index (χ0v) is 13.6. The Morgan fingerprint density at radius 1 is 1.39 bits per heavy atom. The summed E-state index contributed by atoms with van der Waals surface area (Å²) < 4.78 is 0. The van der Waals surface area contributed by atoms with Crippen molar-refractivity contribution >= 4 is 11.6 Å².